The Hall–Kier alpha value is -3.84. The summed E-state index contributed by atoms with van der Waals surface area (Å²) >= 11 is 0. The zero-order chi connectivity index (χ0) is 29.8. The van der Waals surface area contributed by atoms with Crippen LogP contribution in [-0.4, -0.2) is 31.0 Å². The van der Waals surface area contributed by atoms with Gasteiger partial charge in [-0.25, -0.2) is 0 Å². The first-order valence-corrected chi connectivity index (χ1v) is 14.9. The van der Waals surface area contributed by atoms with Crippen molar-refractivity contribution in [2.24, 2.45) is 10.2 Å². The van der Waals surface area contributed by atoms with Crippen LogP contribution in [0.15, 0.2) is 74.6 Å². The van der Waals surface area contributed by atoms with E-state index in [4.69, 9.17) is 5.73 Å². The highest BCUT2D eigenvalue weighted by Crippen LogP contribution is 2.44. The number of rotatable bonds is 5. The van der Waals surface area contributed by atoms with E-state index in [1.165, 1.54) is 23.3 Å². The average Bonchev–Trinajstić information content (AvgIpc) is 2.81. The van der Waals surface area contributed by atoms with Crippen LogP contribution in [0.5, 0.6) is 5.75 Å². The van der Waals surface area contributed by atoms with Gasteiger partial charge >= 0.3 is 0 Å². The topological polar surface area (TPSA) is 180 Å². The maximum atomic E-state index is 11.9. The Morgan fingerprint density at radius 3 is 1.77 bits per heavy atom. The Morgan fingerprint density at radius 1 is 0.725 bits per heavy atom. The van der Waals surface area contributed by atoms with E-state index in [-0.39, 0.29) is 16.5 Å². The molecule has 0 radical (unpaired) electrons. The number of benzene rings is 4. The van der Waals surface area contributed by atoms with E-state index in [1.807, 2.05) is 19.1 Å². The van der Waals surface area contributed by atoms with Crippen LogP contribution in [0.4, 0.5) is 17.1 Å². The highest BCUT2D eigenvalue weighted by molar-refractivity contribution is 7.87. The van der Waals surface area contributed by atoms with Crippen LogP contribution in [0.2, 0.25) is 0 Å². The average molecular weight is 584 g/mol. The number of azo groups is 1. The van der Waals surface area contributed by atoms with E-state index in [0.717, 1.165) is 16.7 Å². The molecule has 12 heteroatoms. The molecule has 0 aliphatic carbocycles. The summed E-state index contributed by atoms with van der Waals surface area (Å²) in [5, 5.41) is 18.4. The molecular formula is C28H29N3O7S2. The van der Waals surface area contributed by atoms with Gasteiger partial charge in [0.2, 0.25) is 0 Å². The highest BCUT2D eigenvalue weighted by Gasteiger charge is 2.26. The van der Waals surface area contributed by atoms with Crippen molar-refractivity contribution in [3.8, 4) is 16.9 Å². The van der Waals surface area contributed by atoms with Gasteiger partial charge in [0.1, 0.15) is 15.5 Å². The maximum absolute atomic E-state index is 11.9. The van der Waals surface area contributed by atoms with Gasteiger partial charge in [0, 0.05) is 5.39 Å². The van der Waals surface area contributed by atoms with Crippen LogP contribution < -0.4 is 5.73 Å². The molecule has 0 atom stereocenters. The molecule has 0 saturated carbocycles. The molecule has 4 aromatic carbocycles. The molecule has 5 N–H and O–H groups in total. The first-order valence-electron chi connectivity index (χ1n) is 12.1. The Balaban J connectivity index is 1.77. The largest absolute Gasteiger partial charge is 0.505 e. The molecule has 10 nitrogen and oxygen atoms in total. The number of nitrogen functional groups attached to an aromatic ring is 1. The summed E-state index contributed by atoms with van der Waals surface area (Å²) in [5.41, 5.74) is 10.9. The standard InChI is InChI=1S/C28H29N3O7S2/c1-15-12-17(6-9-20(15)28(3,4)5)18-7-10-21(16(2)13-18)30-31-22-11-8-19-23(39(33,34)35)14-24(40(36,37)38)26(29)25(19)27(22)32/h6-14,32H,29H2,1-5H3,(H,33,34,35)(H,36,37,38)/b31-30+. The quantitative estimate of drug-likeness (QED) is 0.115. The fourth-order valence-corrected chi connectivity index (χ4v) is 6.14. The second-order valence-electron chi connectivity index (χ2n) is 10.6. The lowest BCUT2D eigenvalue weighted by molar-refractivity contribution is 0.481. The van der Waals surface area contributed by atoms with E-state index in [2.05, 4.69) is 56.1 Å². The monoisotopic (exact) mass is 583 g/mol. The predicted octanol–water partition coefficient (Wildman–Crippen LogP) is 6.62. The molecule has 0 spiro atoms. The summed E-state index contributed by atoms with van der Waals surface area (Å²) in [6.07, 6.45) is 0. The SMILES string of the molecule is Cc1cc(-c2ccc(C(C)(C)C)c(C)c2)ccc1/N=N/c1ccc2c(S(=O)(=O)O)cc(S(=O)(=O)O)c(N)c2c1O. The number of fused-ring (bicyclic) bond motifs is 1. The molecular weight excluding hydrogens is 554 g/mol. The van der Waals surface area contributed by atoms with Gasteiger partial charge in [-0.2, -0.15) is 21.9 Å². The molecule has 4 aromatic rings. The minimum absolute atomic E-state index is 0.0313. The lowest BCUT2D eigenvalue weighted by Crippen LogP contribution is -2.12. The number of aromatic hydroxyl groups is 1. The molecule has 0 saturated heterocycles. The zero-order valence-corrected chi connectivity index (χ0v) is 24.1. The third-order valence-corrected chi connectivity index (χ3v) is 8.39. The molecule has 0 unspecified atom stereocenters. The van der Waals surface area contributed by atoms with E-state index >= 15 is 0 Å². The Bertz CT molecular complexity index is 1930. The molecule has 0 bridgehead atoms. The molecule has 4 rings (SSSR count). The van der Waals surface area contributed by atoms with Gasteiger partial charge in [0.25, 0.3) is 20.2 Å². The summed E-state index contributed by atoms with van der Waals surface area (Å²) < 4.78 is 66.6. The number of hydrogen-bond acceptors (Lipinski definition) is 8. The number of phenols is 1. The van der Waals surface area contributed by atoms with Gasteiger partial charge in [-0.15, -0.1) is 5.11 Å². The van der Waals surface area contributed by atoms with Crippen molar-refractivity contribution >= 4 is 48.1 Å². The summed E-state index contributed by atoms with van der Waals surface area (Å²) in [7, 11) is -9.96. The smallest absolute Gasteiger partial charge is 0.296 e. The van der Waals surface area contributed by atoms with Crippen LogP contribution in [-0.2, 0) is 25.7 Å². The van der Waals surface area contributed by atoms with Crippen molar-refractivity contribution in [2.45, 2.75) is 49.8 Å². The number of nitrogens with zero attached hydrogens (tertiary/aromatic N) is 2. The first-order chi connectivity index (χ1) is 18.4. The first kappa shape index (κ1) is 29.2. The Morgan fingerprint density at radius 2 is 1.25 bits per heavy atom. The van der Waals surface area contributed by atoms with Crippen LogP contribution in [0.3, 0.4) is 0 Å². The normalized spacial score (nSPS) is 12.9. The van der Waals surface area contributed by atoms with E-state index in [1.54, 1.807) is 6.07 Å². The predicted molar refractivity (Wildman–Crippen MR) is 154 cm³/mol. The molecule has 210 valence electrons. The number of anilines is 1. The minimum atomic E-state index is -5.00. The summed E-state index contributed by atoms with van der Waals surface area (Å²) in [6, 6.07) is 14.9. The van der Waals surface area contributed by atoms with Crippen molar-refractivity contribution in [3.63, 3.8) is 0 Å². The van der Waals surface area contributed by atoms with Crippen LogP contribution >= 0.6 is 0 Å². The van der Waals surface area contributed by atoms with Crippen molar-refractivity contribution in [1.29, 1.82) is 0 Å². The second kappa shape index (κ2) is 9.97. The third kappa shape index (κ3) is 5.56. The summed E-state index contributed by atoms with van der Waals surface area (Å²) in [4.78, 5) is -1.85. The van der Waals surface area contributed by atoms with E-state index in [0.29, 0.717) is 11.8 Å². The fourth-order valence-electron chi connectivity index (χ4n) is 4.70. The van der Waals surface area contributed by atoms with E-state index < -0.39 is 46.9 Å². The van der Waals surface area contributed by atoms with Crippen LogP contribution in [0, 0.1) is 13.8 Å². The molecule has 0 aliphatic rings. The van der Waals surface area contributed by atoms with Crippen molar-refractivity contribution in [2.75, 3.05) is 5.73 Å². The summed E-state index contributed by atoms with van der Waals surface area (Å²) in [6.45, 7) is 10.4. The molecule has 0 heterocycles. The maximum Gasteiger partial charge on any atom is 0.296 e. The molecule has 0 fully saturated rings. The third-order valence-electron chi connectivity index (χ3n) is 6.60. The molecule has 40 heavy (non-hydrogen) atoms. The number of nitrogens with two attached hydrogens (primary N) is 1. The molecule has 0 aromatic heterocycles. The van der Waals surface area contributed by atoms with Gasteiger partial charge < -0.3 is 10.8 Å². The van der Waals surface area contributed by atoms with Crippen LogP contribution in [0.1, 0.15) is 37.5 Å². The van der Waals surface area contributed by atoms with E-state index in [9.17, 15) is 31.0 Å². The number of aryl methyl sites for hydroxylation is 2. The number of hydrogen-bond donors (Lipinski definition) is 4. The van der Waals surface area contributed by atoms with Crippen molar-refractivity contribution < 1.29 is 31.0 Å². The van der Waals surface area contributed by atoms with Gasteiger partial charge in [-0.1, -0.05) is 51.1 Å². The highest BCUT2D eigenvalue weighted by atomic mass is 32.2. The number of phenolic OH excluding ortho intramolecular Hbond substituents is 1. The lowest BCUT2D eigenvalue weighted by atomic mass is 9.83. The minimum Gasteiger partial charge on any atom is -0.505 e. The zero-order valence-electron chi connectivity index (χ0n) is 22.5. The van der Waals surface area contributed by atoms with Crippen LogP contribution in [0.25, 0.3) is 21.9 Å². The van der Waals surface area contributed by atoms with Gasteiger partial charge in [-0.05, 0) is 71.3 Å². The van der Waals surface area contributed by atoms with Crippen molar-refractivity contribution in [1.82, 2.24) is 0 Å². The van der Waals surface area contributed by atoms with Crippen molar-refractivity contribution in [3.05, 3.63) is 71.3 Å². The summed E-state index contributed by atoms with van der Waals surface area (Å²) in [5.74, 6) is -0.683. The lowest BCUT2D eigenvalue weighted by Gasteiger charge is -2.22. The molecule has 0 amide bonds. The molecule has 0 aliphatic heterocycles. The van der Waals surface area contributed by atoms with Gasteiger partial charge in [0.15, 0.2) is 5.75 Å². The second-order valence-corrected chi connectivity index (χ2v) is 13.4. The Kier molecular flexibility index (Phi) is 7.26. The van der Waals surface area contributed by atoms with Gasteiger partial charge in [-0.3, -0.25) is 9.11 Å². The fraction of sp³-hybridized carbons (Fsp3) is 0.214. The van der Waals surface area contributed by atoms with Gasteiger partial charge in [0.05, 0.1) is 16.8 Å². The Labute approximate surface area is 232 Å².